The summed E-state index contributed by atoms with van der Waals surface area (Å²) in [5.74, 6) is -5.14. The van der Waals surface area contributed by atoms with Crippen LogP contribution in [0.5, 0.6) is 0 Å². The van der Waals surface area contributed by atoms with E-state index in [9.17, 15) is 18.0 Å². The third-order valence-corrected chi connectivity index (χ3v) is 3.14. The van der Waals surface area contributed by atoms with Crippen molar-refractivity contribution >= 4 is 5.91 Å². The third-order valence-electron chi connectivity index (χ3n) is 3.14. The van der Waals surface area contributed by atoms with E-state index in [0.29, 0.717) is 0 Å². The van der Waals surface area contributed by atoms with Crippen LogP contribution < -0.4 is 5.73 Å². The molecule has 1 aromatic rings. The number of ether oxygens (including phenoxy) is 1. The molecular weight excluding hydrogens is 273 g/mol. The molecule has 1 aliphatic heterocycles. The first kappa shape index (κ1) is 14.8. The molecule has 4 nitrogen and oxygen atoms in total. The molecule has 20 heavy (non-hydrogen) atoms. The van der Waals surface area contributed by atoms with Gasteiger partial charge in [-0.3, -0.25) is 4.79 Å². The van der Waals surface area contributed by atoms with Crippen molar-refractivity contribution in [2.45, 2.75) is 19.1 Å². The van der Waals surface area contributed by atoms with Gasteiger partial charge in [-0.1, -0.05) is 0 Å². The van der Waals surface area contributed by atoms with Crippen molar-refractivity contribution in [1.82, 2.24) is 4.90 Å². The van der Waals surface area contributed by atoms with Crippen LogP contribution in [0.25, 0.3) is 0 Å². The first-order chi connectivity index (χ1) is 9.43. The molecule has 0 radical (unpaired) electrons. The molecule has 2 unspecified atom stereocenters. The molecule has 0 aromatic heterocycles. The number of rotatable bonds is 2. The van der Waals surface area contributed by atoms with Crippen LogP contribution in [0.3, 0.4) is 0 Å². The smallest absolute Gasteiger partial charge is 0.257 e. The van der Waals surface area contributed by atoms with E-state index in [4.69, 9.17) is 10.5 Å². The first-order valence-electron chi connectivity index (χ1n) is 6.22. The quantitative estimate of drug-likeness (QED) is 0.834. The molecular formula is C13H15F3N2O2. The van der Waals surface area contributed by atoms with Crippen LogP contribution in [0, 0.1) is 17.5 Å². The Balaban J connectivity index is 2.25. The minimum absolute atomic E-state index is 0.193. The van der Waals surface area contributed by atoms with Gasteiger partial charge in [-0.05, 0) is 19.1 Å². The van der Waals surface area contributed by atoms with Crippen LogP contribution in [0.4, 0.5) is 13.2 Å². The Morgan fingerprint density at radius 3 is 2.70 bits per heavy atom. The average Bonchev–Trinajstić information content (AvgIpc) is 2.43. The SMILES string of the molecule is CC1CN(C(=O)c2ccc(F)c(F)c2F)CC(CN)O1. The molecule has 2 N–H and O–H groups in total. The zero-order chi connectivity index (χ0) is 14.9. The van der Waals surface area contributed by atoms with Crippen molar-refractivity contribution in [1.29, 1.82) is 0 Å². The average molecular weight is 288 g/mol. The lowest BCUT2D eigenvalue weighted by Crippen LogP contribution is -2.51. The fraction of sp³-hybridized carbons (Fsp3) is 0.462. The summed E-state index contributed by atoms with van der Waals surface area (Å²) in [6, 6.07) is 1.67. The number of halogens is 3. The van der Waals surface area contributed by atoms with Crippen LogP contribution in [0.1, 0.15) is 17.3 Å². The molecule has 0 spiro atoms. The van der Waals surface area contributed by atoms with Crippen molar-refractivity contribution in [2.75, 3.05) is 19.6 Å². The Morgan fingerprint density at radius 2 is 2.05 bits per heavy atom. The number of carbonyl (C=O) groups excluding carboxylic acids is 1. The topological polar surface area (TPSA) is 55.6 Å². The molecule has 1 aliphatic rings. The summed E-state index contributed by atoms with van der Waals surface area (Å²) >= 11 is 0. The standard InChI is InChI=1S/C13H15F3N2O2/c1-7-5-18(6-8(4-17)20-7)13(19)9-2-3-10(14)12(16)11(9)15/h2-3,7-8H,4-6,17H2,1H3. The summed E-state index contributed by atoms with van der Waals surface area (Å²) < 4.78 is 45.1. The summed E-state index contributed by atoms with van der Waals surface area (Å²) in [6.45, 7) is 2.41. The molecule has 1 aromatic carbocycles. The van der Waals surface area contributed by atoms with Crippen molar-refractivity contribution in [3.63, 3.8) is 0 Å². The van der Waals surface area contributed by atoms with Gasteiger partial charge in [-0.2, -0.15) is 0 Å². The molecule has 1 heterocycles. The summed E-state index contributed by atoms with van der Waals surface area (Å²) in [6.07, 6.45) is -0.606. The fourth-order valence-corrected chi connectivity index (χ4v) is 2.20. The fourth-order valence-electron chi connectivity index (χ4n) is 2.20. The van der Waals surface area contributed by atoms with Gasteiger partial charge in [0.05, 0.1) is 17.8 Å². The van der Waals surface area contributed by atoms with E-state index >= 15 is 0 Å². The second kappa shape index (κ2) is 5.80. The summed E-state index contributed by atoms with van der Waals surface area (Å²) in [4.78, 5) is 13.5. The van der Waals surface area contributed by atoms with E-state index in [-0.39, 0.29) is 31.8 Å². The lowest BCUT2D eigenvalue weighted by molar-refractivity contribution is -0.0626. The van der Waals surface area contributed by atoms with Crippen LogP contribution in [0.15, 0.2) is 12.1 Å². The highest BCUT2D eigenvalue weighted by Gasteiger charge is 2.30. The number of nitrogens with zero attached hydrogens (tertiary/aromatic N) is 1. The van der Waals surface area contributed by atoms with Crippen molar-refractivity contribution in [3.05, 3.63) is 35.1 Å². The van der Waals surface area contributed by atoms with Crippen molar-refractivity contribution < 1.29 is 22.7 Å². The molecule has 0 saturated carbocycles. The van der Waals surface area contributed by atoms with E-state index in [1.165, 1.54) is 4.90 Å². The molecule has 1 saturated heterocycles. The van der Waals surface area contributed by atoms with Gasteiger partial charge in [0.1, 0.15) is 0 Å². The van der Waals surface area contributed by atoms with Gasteiger partial charge in [-0.15, -0.1) is 0 Å². The molecule has 7 heteroatoms. The number of benzene rings is 1. The van der Waals surface area contributed by atoms with Crippen LogP contribution in [0.2, 0.25) is 0 Å². The number of carbonyl (C=O) groups is 1. The lowest BCUT2D eigenvalue weighted by Gasteiger charge is -2.36. The van der Waals surface area contributed by atoms with Crippen molar-refractivity contribution in [2.24, 2.45) is 5.73 Å². The van der Waals surface area contributed by atoms with Gasteiger partial charge in [0.2, 0.25) is 0 Å². The third kappa shape index (κ3) is 2.78. The number of hydrogen-bond acceptors (Lipinski definition) is 3. The Kier molecular flexibility index (Phi) is 4.29. The Bertz CT molecular complexity index is 525. The monoisotopic (exact) mass is 288 g/mol. The molecule has 0 bridgehead atoms. The van der Waals surface area contributed by atoms with E-state index in [1.807, 2.05) is 0 Å². The molecule has 110 valence electrons. The minimum atomic E-state index is -1.65. The van der Waals surface area contributed by atoms with Crippen molar-refractivity contribution in [3.8, 4) is 0 Å². The number of hydrogen-bond donors (Lipinski definition) is 1. The van der Waals surface area contributed by atoms with Gasteiger partial charge in [0.25, 0.3) is 5.91 Å². The van der Waals surface area contributed by atoms with E-state index in [2.05, 4.69) is 0 Å². The normalized spacial score (nSPS) is 22.9. The van der Waals surface area contributed by atoms with Gasteiger partial charge in [0.15, 0.2) is 17.5 Å². The van der Waals surface area contributed by atoms with E-state index in [1.54, 1.807) is 6.92 Å². The summed E-state index contributed by atoms with van der Waals surface area (Å²) in [5, 5.41) is 0. The second-order valence-corrected chi connectivity index (χ2v) is 4.74. The van der Waals surface area contributed by atoms with E-state index in [0.717, 1.165) is 12.1 Å². The maximum Gasteiger partial charge on any atom is 0.257 e. The lowest BCUT2D eigenvalue weighted by atomic mass is 10.1. The van der Waals surface area contributed by atoms with Crippen LogP contribution in [-0.2, 0) is 4.74 Å². The Morgan fingerprint density at radius 1 is 1.35 bits per heavy atom. The highest BCUT2D eigenvalue weighted by molar-refractivity contribution is 5.94. The summed E-state index contributed by atoms with van der Waals surface area (Å²) in [7, 11) is 0. The largest absolute Gasteiger partial charge is 0.370 e. The highest BCUT2D eigenvalue weighted by Crippen LogP contribution is 2.19. The van der Waals surface area contributed by atoms with Crippen LogP contribution in [-0.4, -0.2) is 42.6 Å². The number of morpholine rings is 1. The minimum Gasteiger partial charge on any atom is -0.370 e. The second-order valence-electron chi connectivity index (χ2n) is 4.74. The van der Waals surface area contributed by atoms with E-state index < -0.39 is 28.9 Å². The summed E-state index contributed by atoms with van der Waals surface area (Å²) in [5.41, 5.74) is 5.00. The number of amides is 1. The predicted molar refractivity (Wildman–Crippen MR) is 65.6 cm³/mol. The zero-order valence-corrected chi connectivity index (χ0v) is 10.9. The predicted octanol–water partition coefficient (Wildman–Crippen LogP) is 1.29. The maximum atomic E-state index is 13.6. The Hall–Kier alpha value is -1.60. The molecule has 2 atom stereocenters. The molecule has 2 rings (SSSR count). The maximum absolute atomic E-state index is 13.6. The Labute approximate surface area is 114 Å². The van der Waals surface area contributed by atoms with Gasteiger partial charge < -0.3 is 15.4 Å². The zero-order valence-electron chi connectivity index (χ0n) is 10.9. The van der Waals surface area contributed by atoms with Gasteiger partial charge in [0, 0.05) is 19.6 Å². The number of nitrogens with two attached hydrogens (primary N) is 1. The highest BCUT2D eigenvalue weighted by atomic mass is 19.2. The van der Waals surface area contributed by atoms with Gasteiger partial charge in [-0.25, -0.2) is 13.2 Å². The molecule has 0 aliphatic carbocycles. The molecule has 1 fully saturated rings. The van der Waals surface area contributed by atoms with Crippen LogP contribution >= 0.6 is 0 Å². The van der Waals surface area contributed by atoms with Gasteiger partial charge >= 0.3 is 0 Å². The molecule has 1 amide bonds. The first-order valence-corrected chi connectivity index (χ1v) is 6.22.